The molecule has 7 heteroatoms. The van der Waals surface area contributed by atoms with E-state index in [0.29, 0.717) is 17.5 Å². The van der Waals surface area contributed by atoms with Gasteiger partial charge >= 0.3 is 0 Å². The molecule has 0 aliphatic carbocycles. The summed E-state index contributed by atoms with van der Waals surface area (Å²) in [6.07, 6.45) is 5.80. The maximum absolute atomic E-state index is 6.55. The summed E-state index contributed by atoms with van der Waals surface area (Å²) in [4.78, 5) is 15.8. The third-order valence-corrected chi connectivity index (χ3v) is 12.7. The number of rotatable bonds is 6. The van der Waals surface area contributed by atoms with Crippen molar-refractivity contribution in [2.75, 3.05) is 0 Å². The lowest BCUT2D eigenvalue weighted by molar-refractivity contribution is 0.576. The number of nitrogens with zero attached hydrogens (tertiary/aromatic N) is 5. The van der Waals surface area contributed by atoms with Crippen LogP contribution in [0.2, 0.25) is 0 Å². The van der Waals surface area contributed by atoms with E-state index >= 15 is 0 Å². The van der Waals surface area contributed by atoms with Crippen molar-refractivity contribution in [2.24, 2.45) is 0 Å². The van der Waals surface area contributed by atoms with Crippen LogP contribution in [0.5, 0.6) is 0 Å². The van der Waals surface area contributed by atoms with Gasteiger partial charge in [0.25, 0.3) is 0 Å². The third kappa shape index (κ3) is 5.65. The zero-order valence-corrected chi connectivity index (χ0v) is 35.2. The normalized spacial score (nSPS) is 12.6. The van der Waals surface area contributed by atoms with Gasteiger partial charge in [0.05, 0.1) is 27.8 Å². The average molecular weight is 836 g/mol. The summed E-state index contributed by atoms with van der Waals surface area (Å²) in [5.41, 5.74) is 11.9. The van der Waals surface area contributed by atoms with E-state index in [-0.39, 0.29) is 0 Å². The van der Waals surface area contributed by atoms with Gasteiger partial charge in [0.1, 0.15) is 22.2 Å². The Kier molecular flexibility index (Phi) is 8.14. The van der Waals surface area contributed by atoms with Crippen LogP contribution in [0.1, 0.15) is 6.92 Å². The highest BCUT2D eigenvalue weighted by Gasteiger charge is 2.23. The van der Waals surface area contributed by atoms with E-state index in [1.165, 1.54) is 0 Å². The van der Waals surface area contributed by atoms with Crippen LogP contribution in [0.25, 0.3) is 134 Å². The molecule has 13 aromatic rings. The number of para-hydroxylation sites is 3. The van der Waals surface area contributed by atoms with Crippen molar-refractivity contribution in [3.63, 3.8) is 0 Å². The lowest BCUT2D eigenvalue weighted by atomic mass is 10.1. The van der Waals surface area contributed by atoms with Crippen molar-refractivity contribution in [3.8, 4) is 45.5 Å². The molecule has 5 heterocycles. The molecule has 0 amide bonds. The van der Waals surface area contributed by atoms with Crippen molar-refractivity contribution in [1.82, 2.24) is 24.1 Å². The molecule has 0 spiro atoms. The van der Waals surface area contributed by atoms with Gasteiger partial charge in [-0.3, -0.25) is 0 Å². The minimum atomic E-state index is 0.547. The molecule has 0 N–H and O–H groups in total. The number of hydrogen-bond acceptors (Lipinski definition) is 5. The van der Waals surface area contributed by atoms with Crippen molar-refractivity contribution < 1.29 is 8.83 Å². The molecular weight excluding hydrogens is 799 g/mol. The van der Waals surface area contributed by atoms with Crippen LogP contribution >= 0.6 is 0 Å². The van der Waals surface area contributed by atoms with Crippen LogP contribution in [-0.4, -0.2) is 24.1 Å². The second-order valence-corrected chi connectivity index (χ2v) is 16.3. The molecule has 65 heavy (non-hydrogen) atoms. The number of aromatic nitrogens is 5. The topological polar surface area (TPSA) is 74.8 Å². The summed E-state index contributed by atoms with van der Waals surface area (Å²) in [5, 5.41) is 8.82. The predicted molar refractivity (Wildman–Crippen MR) is 266 cm³/mol. The standard InChI is InChI=1S/C58H37N5O2/c1-3-17-52-38(4-2)44-31-43-40-23-12-15-26-48(40)63(51(43)34-54(44)64-52)49-29-28-37(30-46(49)58-60-56(35-18-7-5-8-19-35)59-57(61-58)36-20-9-6-10-21-36)62-47-25-14-11-22-39(47)42-32-45-41-24-13-16-27-53(41)65-55(45)33-50(42)62/h3-34H,1H2,2H3/b38-4-,52-17+. The number of allylic oxidation sites excluding steroid dienone is 1. The Bertz CT molecular complexity index is 4150. The van der Waals surface area contributed by atoms with Crippen molar-refractivity contribution in [1.29, 1.82) is 0 Å². The van der Waals surface area contributed by atoms with Crippen LogP contribution in [0.3, 0.4) is 0 Å². The molecule has 0 saturated carbocycles. The summed E-state index contributed by atoms with van der Waals surface area (Å²) in [5.74, 6) is 1.72. The van der Waals surface area contributed by atoms with Crippen LogP contribution < -0.4 is 10.6 Å². The summed E-state index contributed by atoms with van der Waals surface area (Å²) in [6, 6.07) is 61.2. The summed E-state index contributed by atoms with van der Waals surface area (Å²) in [7, 11) is 0. The Morgan fingerprint density at radius 2 is 1.00 bits per heavy atom. The SMILES string of the molecule is C=C/C=c1/oc2cc3c(cc2/c1=C/C)c1ccccc1n3-c1ccc(-n2c3ccccc3c3cc4c(cc32)oc2ccccc24)cc1-c1nc(-c2ccccc2)nc(-c2ccccc2)n1. The first-order chi connectivity index (χ1) is 32.1. The molecule has 0 fully saturated rings. The number of furan rings is 2. The Hall–Kier alpha value is -8.81. The van der Waals surface area contributed by atoms with E-state index in [1.54, 1.807) is 6.08 Å². The number of benzene rings is 8. The van der Waals surface area contributed by atoms with Gasteiger partial charge in [-0.15, -0.1) is 0 Å². The molecule has 5 aromatic heterocycles. The molecule has 0 bridgehead atoms. The smallest absolute Gasteiger partial charge is 0.166 e. The Labute approximate surface area is 371 Å². The monoisotopic (exact) mass is 835 g/mol. The van der Waals surface area contributed by atoms with Gasteiger partial charge in [0.2, 0.25) is 0 Å². The second-order valence-electron chi connectivity index (χ2n) is 16.3. The molecular formula is C58H37N5O2. The van der Waals surface area contributed by atoms with Crippen LogP contribution in [0.15, 0.2) is 197 Å². The molecule has 0 atom stereocenters. The van der Waals surface area contributed by atoms with Crippen LogP contribution in [0, 0.1) is 0 Å². The number of fused-ring (bicyclic) bond motifs is 10. The summed E-state index contributed by atoms with van der Waals surface area (Å²) in [6.45, 7) is 6.00. The molecule has 0 radical (unpaired) electrons. The fraction of sp³-hybridized carbons (Fsp3) is 0.0172. The lowest BCUT2D eigenvalue weighted by Crippen LogP contribution is -2.18. The highest BCUT2D eigenvalue weighted by Crippen LogP contribution is 2.42. The zero-order valence-electron chi connectivity index (χ0n) is 35.2. The van der Waals surface area contributed by atoms with Gasteiger partial charge in [-0.25, -0.2) is 15.0 Å². The van der Waals surface area contributed by atoms with E-state index in [0.717, 1.165) is 115 Å². The molecule has 8 aromatic carbocycles. The van der Waals surface area contributed by atoms with Gasteiger partial charge in [-0.05, 0) is 61.5 Å². The van der Waals surface area contributed by atoms with Gasteiger partial charge in [0.15, 0.2) is 17.5 Å². The fourth-order valence-corrected chi connectivity index (χ4v) is 9.82. The Morgan fingerprint density at radius 1 is 0.446 bits per heavy atom. The Morgan fingerprint density at radius 3 is 1.66 bits per heavy atom. The predicted octanol–water partition coefficient (Wildman–Crippen LogP) is 13.5. The molecule has 7 nitrogen and oxygen atoms in total. The summed E-state index contributed by atoms with van der Waals surface area (Å²) < 4.78 is 17.7. The minimum absolute atomic E-state index is 0.547. The van der Waals surface area contributed by atoms with Gasteiger partial charge in [-0.2, -0.15) is 0 Å². The summed E-state index contributed by atoms with van der Waals surface area (Å²) >= 11 is 0. The van der Waals surface area contributed by atoms with Crippen molar-refractivity contribution >= 4 is 88.7 Å². The average Bonchev–Trinajstić information content (AvgIpc) is 4.09. The van der Waals surface area contributed by atoms with Crippen LogP contribution in [-0.2, 0) is 0 Å². The van der Waals surface area contributed by atoms with E-state index in [1.807, 2.05) is 85.8 Å². The first-order valence-electron chi connectivity index (χ1n) is 21.7. The quantitative estimate of drug-likeness (QED) is 0.167. The van der Waals surface area contributed by atoms with Crippen molar-refractivity contribution in [3.05, 3.63) is 199 Å². The molecule has 0 aliphatic rings. The van der Waals surface area contributed by atoms with Gasteiger partial charge < -0.3 is 18.0 Å². The second kappa shape index (κ2) is 14.4. The highest BCUT2D eigenvalue weighted by atomic mass is 16.3. The first-order valence-corrected chi connectivity index (χ1v) is 21.7. The van der Waals surface area contributed by atoms with Crippen molar-refractivity contribution in [2.45, 2.75) is 6.92 Å². The minimum Gasteiger partial charge on any atom is -0.456 e. The molecule has 0 saturated heterocycles. The largest absolute Gasteiger partial charge is 0.456 e. The molecule has 0 aliphatic heterocycles. The van der Waals surface area contributed by atoms with E-state index in [4.69, 9.17) is 23.8 Å². The first kappa shape index (κ1) is 36.8. The third-order valence-electron chi connectivity index (χ3n) is 12.7. The number of hydrogen-bond donors (Lipinski definition) is 0. The van der Waals surface area contributed by atoms with E-state index < -0.39 is 0 Å². The zero-order chi connectivity index (χ0) is 43.2. The van der Waals surface area contributed by atoms with Gasteiger partial charge in [0, 0.05) is 77.4 Å². The van der Waals surface area contributed by atoms with E-state index in [2.05, 4.69) is 125 Å². The lowest BCUT2D eigenvalue weighted by Gasteiger charge is -2.17. The Balaban J connectivity index is 1.15. The molecule has 13 rings (SSSR count). The van der Waals surface area contributed by atoms with E-state index in [9.17, 15) is 0 Å². The maximum Gasteiger partial charge on any atom is 0.166 e. The highest BCUT2D eigenvalue weighted by molar-refractivity contribution is 6.18. The molecule has 306 valence electrons. The maximum atomic E-state index is 6.55. The van der Waals surface area contributed by atoms with Gasteiger partial charge in [-0.1, -0.05) is 134 Å². The van der Waals surface area contributed by atoms with Crippen LogP contribution in [0.4, 0.5) is 0 Å². The molecule has 0 unspecified atom stereocenters. The fourth-order valence-electron chi connectivity index (χ4n) is 9.82.